The number of aromatic amines is 1. The van der Waals surface area contributed by atoms with Crippen molar-refractivity contribution in [2.75, 3.05) is 6.54 Å². The highest BCUT2D eigenvalue weighted by Gasteiger charge is 2.38. The first-order valence-electron chi connectivity index (χ1n) is 7.18. The van der Waals surface area contributed by atoms with Crippen LogP contribution in [0.25, 0.3) is 0 Å². The van der Waals surface area contributed by atoms with Gasteiger partial charge in [-0.25, -0.2) is 4.39 Å². The monoisotopic (exact) mass is 281 g/mol. The van der Waals surface area contributed by atoms with Gasteiger partial charge in [0.1, 0.15) is 5.67 Å². The summed E-state index contributed by atoms with van der Waals surface area (Å²) in [6.45, 7) is 3.98. The Morgan fingerprint density at radius 3 is 2.95 bits per heavy atom. The second kappa shape index (κ2) is 4.84. The van der Waals surface area contributed by atoms with Crippen LogP contribution in [-0.4, -0.2) is 34.4 Å². The molecule has 0 unspecified atom stereocenters. The third-order valence-corrected chi connectivity index (χ3v) is 4.26. The van der Waals surface area contributed by atoms with Crippen LogP contribution >= 0.6 is 0 Å². The lowest BCUT2D eigenvalue weighted by atomic mass is 9.82. The standard InChI is InChI=1S/C14H20FN3O2/c1-8-6-10-11(9(2)20-8)17-18-12(10)13(19)16-7-14(15)4-3-5-14/h8-9H,3-7H2,1-2H3,(H,16,19)(H,17,18)/t8-,9+/m1/s1. The topological polar surface area (TPSA) is 67.0 Å². The molecule has 1 fully saturated rings. The molecule has 0 bridgehead atoms. The zero-order valence-electron chi connectivity index (χ0n) is 11.8. The van der Waals surface area contributed by atoms with E-state index in [-0.39, 0.29) is 24.7 Å². The number of fused-ring (bicyclic) bond motifs is 1. The third kappa shape index (κ3) is 2.32. The Morgan fingerprint density at radius 2 is 2.30 bits per heavy atom. The van der Waals surface area contributed by atoms with Crippen LogP contribution < -0.4 is 5.32 Å². The molecule has 2 heterocycles. The molecule has 2 atom stereocenters. The van der Waals surface area contributed by atoms with Crippen molar-refractivity contribution in [3.8, 4) is 0 Å². The second-order valence-corrected chi connectivity index (χ2v) is 5.94. The van der Waals surface area contributed by atoms with Crippen LogP contribution in [0.15, 0.2) is 0 Å². The zero-order valence-corrected chi connectivity index (χ0v) is 11.8. The minimum Gasteiger partial charge on any atom is -0.369 e. The zero-order chi connectivity index (χ0) is 14.3. The van der Waals surface area contributed by atoms with Crippen molar-refractivity contribution in [1.29, 1.82) is 0 Å². The van der Waals surface area contributed by atoms with Crippen molar-refractivity contribution < 1.29 is 13.9 Å². The summed E-state index contributed by atoms with van der Waals surface area (Å²) in [6.07, 6.45) is 2.58. The van der Waals surface area contributed by atoms with E-state index in [0.29, 0.717) is 25.0 Å². The molecule has 6 heteroatoms. The third-order valence-electron chi connectivity index (χ3n) is 4.26. The number of alkyl halides is 1. The van der Waals surface area contributed by atoms with Gasteiger partial charge >= 0.3 is 0 Å². The van der Waals surface area contributed by atoms with Gasteiger partial charge < -0.3 is 10.1 Å². The van der Waals surface area contributed by atoms with Crippen LogP contribution in [0.5, 0.6) is 0 Å². The van der Waals surface area contributed by atoms with Gasteiger partial charge in [0.15, 0.2) is 5.69 Å². The van der Waals surface area contributed by atoms with E-state index in [0.717, 1.165) is 17.7 Å². The highest BCUT2D eigenvalue weighted by Crippen LogP contribution is 2.35. The van der Waals surface area contributed by atoms with Crippen molar-refractivity contribution >= 4 is 5.91 Å². The molecule has 1 aliphatic heterocycles. The van der Waals surface area contributed by atoms with Crippen LogP contribution in [0.4, 0.5) is 4.39 Å². The summed E-state index contributed by atoms with van der Waals surface area (Å²) >= 11 is 0. The van der Waals surface area contributed by atoms with Gasteiger partial charge in [0.25, 0.3) is 5.91 Å². The molecule has 0 spiro atoms. The second-order valence-electron chi connectivity index (χ2n) is 5.94. The number of nitrogens with one attached hydrogen (secondary N) is 2. The summed E-state index contributed by atoms with van der Waals surface area (Å²) in [4.78, 5) is 12.2. The summed E-state index contributed by atoms with van der Waals surface area (Å²) in [5.41, 5.74) is 0.919. The molecule has 1 aromatic rings. The summed E-state index contributed by atoms with van der Waals surface area (Å²) < 4.78 is 19.6. The van der Waals surface area contributed by atoms with Gasteiger partial charge in [0, 0.05) is 12.0 Å². The molecule has 0 saturated heterocycles. The van der Waals surface area contributed by atoms with Gasteiger partial charge in [-0.15, -0.1) is 0 Å². The van der Waals surface area contributed by atoms with Crippen molar-refractivity contribution in [3.05, 3.63) is 17.0 Å². The van der Waals surface area contributed by atoms with Gasteiger partial charge in [0.2, 0.25) is 0 Å². The van der Waals surface area contributed by atoms with Gasteiger partial charge in [-0.1, -0.05) is 0 Å². The van der Waals surface area contributed by atoms with Gasteiger partial charge in [-0.2, -0.15) is 5.10 Å². The van der Waals surface area contributed by atoms with Crippen LogP contribution in [0.3, 0.4) is 0 Å². The highest BCUT2D eigenvalue weighted by atomic mass is 19.1. The number of nitrogens with zero attached hydrogens (tertiary/aromatic N) is 1. The molecule has 5 nitrogen and oxygen atoms in total. The first kappa shape index (κ1) is 13.5. The molecule has 20 heavy (non-hydrogen) atoms. The highest BCUT2D eigenvalue weighted by molar-refractivity contribution is 5.94. The Labute approximate surface area is 117 Å². The maximum Gasteiger partial charge on any atom is 0.272 e. The number of amides is 1. The van der Waals surface area contributed by atoms with Crippen LogP contribution in [0, 0.1) is 0 Å². The van der Waals surface area contributed by atoms with E-state index >= 15 is 0 Å². The SMILES string of the molecule is C[C@@H]1Cc2c(C(=O)NCC3(F)CCC3)n[nH]c2[C@H](C)O1. The summed E-state index contributed by atoms with van der Waals surface area (Å²) in [5, 5.41) is 9.63. The predicted molar refractivity (Wildman–Crippen MR) is 71.3 cm³/mol. The lowest BCUT2D eigenvalue weighted by molar-refractivity contribution is -0.00699. The molecule has 1 saturated carbocycles. The van der Waals surface area contributed by atoms with Crippen molar-refractivity contribution in [2.24, 2.45) is 0 Å². The van der Waals surface area contributed by atoms with Gasteiger partial charge in [0.05, 0.1) is 24.4 Å². The molecular formula is C14H20FN3O2. The predicted octanol–water partition coefficient (Wildman–Crippen LogP) is 2.05. The number of hydrogen-bond acceptors (Lipinski definition) is 3. The molecule has 1 aromatic heterocycles. The van der Waals surface area contributed by atoms with Crippen molar-refractivity contribution in [2.45, 2.75) is 57.4 Å². The average molecular weight is 281 g/mol. The fraction of sp³-hybridized carbons (Fsp3) is 0.714. The number of halogens is 1. The molecule has 0 aromatic carbocycles. The lowest BCUT2D eigenvalue weighted by Crippen LogP contribution is -2.44. The Hall–Kier alpha value is -1.43. The molecule has 2 aliphatic rings. The van der Waals surface area contributed by atoms with E-state index < -0.39 is 5.67 Å². The Balaban J connectivity index is 1.72. The van der Waals surface area contributed by atoms with E-state index in [9.17, 15) is 9.18 Å². The van der Waals surface area contributed by atoms with Crippen LogP contribution in [0.1, 0.15) is 61.0 Å². The number of aromatic nitrogens is 2. The number of carbonyl (C=O) groups is 1. The molecule has 0 radical (unpaired) electrons. The van der Waals surface area contributed by atoms with Gasteiger partial charge in [-0.05, 0) is 33.1 Å². The quantitative estimate of drug-likeness (QED) is 0.891. The minimum absolute atomic E-state index is 0.0563. The summed E-state index contributed by atoms with van der Waals surface area (Å²) in [7, 11) is 0. The number of carbonyl (C=O) groups excluding carboxylic acids is 1. The number of ether oxygens (including phenoxy) is 1. The first-order valence-corrected chi connectivity index (χ1v) is 7.18. The number of H-pyrrole nitrogens is 1. The minimum atomic E-state index is -1.21. The molecular weight excluding hydrogens is 261 g/mol. The Kier molecular flexibility index (Phi) is 3.28. The average Bonchev–Trinajstić information content (AvgIpc) is 2.77. The van der Waals surface area contributed by atoms with Gasteiger partial charge in [-0.3, -0.25) is 9.89 Å². The maximum atomic E-state index is 13.9. The van der Waals surface area contributed by atoms with Crippen LogP contribution in [0.2, 0.25) is 0 Å². The summed E-state index contributed by atoms with van der Waals surface area (Å²) in [6, 6.07) is 0. The number of rotatable bonds is 3. The van der Waals surface area contributed by atoms with E-state index in [1.54, 1.807) is 0 Å². The van der Waals surface area contributed by atoms with E-state index in [1.165, 1.54) is 0 Å². The molecule has 110 valence electrons. The van der Waals surface area contributed by atoms with Crippen LogP contribution in [-0.2, 0) is 11.2 Å². The fourth-order valence-electron chi connectivity index (χ4n) is 2.92. The van der Waals surface area contributed by atoms with Crippen molar-refractivity contribution in [3.63, 3.8) is 0 Å². The molecule has 2 N–H and O–H groups in total. The maximum absolute atomic E-state index is 13.9. The van der Waals surface area contributed by atoms with E-state index in [4.69, 9.17) is 4.74 Å². The van der Waals surface area contributed by atoms with E-state index in [2.05, 4.69) is 15.5 Å². The largest absolute Gasteiger partial charge is 0.369 e. The smallest absolute Gasteiger partial charge is 0.272 e. The number of hydrogen-bond donors (Lipinski definition) is 2. The normalized spacial score (nSPS) is 27.6. The lowest BCUT2D eigenvalue weighted by Gasteiger charge is -2.33. The Morgan fingerprint density at radius 1 is 1.55 bits per heavy atom. The molecule has 1 aliphatic carbocycles. The first-order chi connectivity index (χ1) is 9.48. The van der Waals surface area contributed by atoms with Crippen molar-refractivity contribution in [1.82, 2.24) is 15.5 Å². The summed E-state index contributed by atoms with van der Waals surface area (Å²) in [5.74, 6) is -0.298. The molecule has 1 amide bonds. The molecule has 3 rings (SSSR count). The van der Waals surface area contributed by atoms with E-state index in [1.807, 2.05) is 13.8 Å². The fourth-order valence-corrected chi connectivity index (χ4v) is 2.92. The Bertz CT molecular complexity index is 524.